The second-order valence-corrected chi connectivity index (χ2v) is 7.00. The fourth-order valence-electron chi connectivity index (χ4n) is 2.90. The van der Waals surface area contributed by atoms with E-state index >= 15 is 0 Å². The molecule has 1 aromatic carbocycles. The first-order chi connectivity index (χ1) is 13.0. The number of hydrogen-bond acceptors (Lipinski definition) is 2. The van der Waals surface area contributed by atoms with Crippen LogP contribution in [0.5, 0.6) is 0 Å². The number of aromatic nitrogens is 2. The predicted octanol–water partition coefficient (Wildman–Crippen LogP) is 5.34. The highest BCUT2D eigenvalue weighted by molar-refractivity contribution is 6.33. The van der Waals surface area contributed by atoms with Gasteiger partial charge in [-0.15, -0.1) is 0 Å². The van der Waals surface area contributed by atoms with E-state index in [1.807, 2.05) is 0 Å². The zero-order valence-corrected chi connectivity index (χ0v) is 16.1. The van der Waals surface area contributed by atoms with E-state index in [1.54, 1.807) is 13.8 Å². The van der Waals surface area contributed by atoms with Crippen molar-refractivity contribution < 1.29 is 13.2 Å². The molecule has 0 aliphatic heterocycles. The van der Waals surface area contributed by atoms with Crippen LogP contribution in [-0.2, 0) is 6.18 Å². The van der Waals surface area contributed by atoms with Gasteiger partial charge in [0.15, 0.2) is 5.43 Å². The summed E-state index contributed by atoms with van der Waals surface area (Å²) >= 11 is 12.0. The molecule has 0 unspecified atom stereocenters. The lowest BCUT2D eigenvalue weighted by molar-refractivity contribution is -0.137. The van der Waals surface area contributed by atoms with E-state index in [0.717, 1.165) is 24.3 Å². The Balaban J connectivity index is 2.18. The molecule has 0 spiro atoms. The molecule has 146 valence electrons. The van der Waals surface area contributed by atoms with Crippen molar-refractivity contribution in [3.05, 3.63) is 77.9 Å². The number of nitrogens with one attached hydrogen (secondary N) is 2. The SMILES string of the molecule is Cc1[nH]c(C)c(-c2c[nH]c(-c3cc(C(F)(F)F)ccc3Cl)cc2=O)c(=O)c1Cl. The largest absolute Gasteiger partial charge is 0.416 e. The molecule has 0 aliphatic carbocycles. The Bertz CT molecular complexity index is 1200. The molecule has 4 nitrogen and oxygen atoms in total. The molecular weight excluding hydrogens is 416 g/mol. The number of hydrogen-bond donors (Lipinski definition) is 2. The van der Waals surface area contributed by atoms with E-state index in [9.17, 15) is 22.8 Å². The number of pyridine rings is 2. The van der Waals surface area contributed by atoms with E-state index in [4.69, 9.17) is 23.2 Å². The summed E-state index contributed by atoms with van der Waals surface area (Å²) < 4.78 is 38.9. The average Bonchev–Trinajstić information content (AvgIpc) is 2.60. The maximum atomic E-state index is 13.0. The molecule has 0 fully saturated rings. The van der Waals surface area contributed by atoms with Crippen LogP contribution in [0, 0.1) is 13.8 Å². The van der Waals surface area contributed by atoms with E-state index < -0.39 is 22.6 Å². The van der Waals surface area contributed by atoms with Crippen molar-refractivity contribution in [2.24, 2.45) is 0 Å². The van der Waals surface area contributed by atoms with Gasteiger partial charge in [-0.1, -0.05) is 23.2 Å². The number of alkyl halides is 3. The van der Waals surface area contributed by atoms with Gasteiger partial charge < -0.3 is 9.97 Å². The second-order valence-electron chi connectivity index (χ2n) is 6.21. The lowest BCUT2D eigenvalue weighted by Gasteiger charge is -2.12. The highest BCUT2D eigenvalue weighted by Gasteiger charge is 2.31. The lowest BCUT2D eigenvalue weighted by Crippen LogP contribution is -2.17. The number of H-pyrrole nitrogens is 2. The second kappa shape index (κ2) is 7.14. The van der Waals surface area contributed by atoms with Crippen LogP contribution in [0.25, 0.3) is 22.4 Å². The molecule has 0 radical (unpaired) electrons. The number of rotatable bonds is 2. The minimum atomic E-state index is -4.55. The zero-order chi connectivity index (χ0) is 20.8. The first-order valence-electron chi connectivity index (χ1n) is 8.00. The molecule has 9 heteroatoms. The number of halogens is 5. The van der Waals surface area contributed by atoms with Crippen molar-refractivity contribution in [1.29, 1.82) is 0 Å². The summed E-state index contributed by atoms with van der Waals surface area (Å²) in [5.41, 5.74) is -0.786. The van der Waals surface area contributed by atoms with Gasteiger partial charge in [0, 0.05) is 34.2 Å². The van der Waals surface area contributed by atoms with Gasteiger partial charge in [-0.3, -0.25) is 9.59 Å². The maximum Gasteiger partial charge on any atom is 0.416 e. The Morgan fingerprint density at radius 1 is 0.964 bits per heavy atom. The molecule has 2 N–H and O–H groups in total. The monoisotopic (exact) mass is 428 g/mol. The Morgan fingerprint density at radius 3 is 2.25 bits per heavy atom. The third kappa shape index (κ3) is 3.59. The third-order valence-electron chi connectivity index (χ3n) is 4.27. The smallest absolute Gasteiger partial charge is 0.361 e. The lowest BCUT2D eigenvalue weighted by atomic mass is 10.0. The normalized spacial score (nSPS) is 11.7. The number of aryl methyl sites for hydroxylation is 2. The van der Waals surface area contributed by atoms with Crippen molar-refractivity contribution in [2.75, 3.05) is 0 Å². The van der Waals surface area contributed by atoms with Crippen LogP contribution in [0.1, 0.15) is 17.0 Å². The van der Waals surface area contributed by atoms with Gasteiger partial charge in [0.1, 0.15) is 5.02 Å². The van der Waals surface area contributed by atoms with Gasteiger partial charge in [0.25, 0.3) is 0 Å². The Labute approximate surface area is 167 Å². The van der Waals surface area contributed by atoms with Gasteiger partial charge >= 0.3 is 6.18 Å². The van der Waals surface area contributed by atoms with Crippen LogP contribution in [0.3, 0.4) is 0 Å². The van der Waals surface area contributed by atoms with Crippen LogP contribution in [0.2, 0.25) is 10.0 Å². The van der Waals surface area contributed by atoms with E-state index in [-0.39, 0.29) is 32.4 Å². The first-order valence-corrected chi connectivity index (χ1v) is 8.75. The standard InChI is InChI=1S/C19H13Cl2F3N2O2/c1-8-16(18(28)17(21)9(2)26-8)12-7-25-14(6-15(12)27)11-5-10(19(22,23)24)3-4-13(11)20/h3-7H,1-2H3,(H,25,27)(H,26,28). The molecule has 0 saturated heterocycles. The summed E-state index contributed by atoms with van der Waals surface area (Å²) in [4.78, 5) is 30.8. The maximum absolute atomic E-state index is 13.0. The minimum Gasteiger partial charge on any atom is -0.361 e. The Kier molecular flexibility index (Phi) is 5.16. The van der Waals surface area contributed by atoms with Crippen LogP contribution in [0.15, 0.2) is 40.1 Å². The van der Waals surface area contributed by atoms with E-state index in [1.165, 1.54) is 6.20 Å². The summed E-state index contributed by atoms with van der Waals surface area (Å²) in [6.07, 6.45) is -3.29. The summed E-state index contributed by atoms with van der Waals surface area (Å²) in [6.45, 7) is 3.25. The molecule has 3 aromatic rings. The van der Waals surface area contributed by atoms with Crippen molar-refractivity contribution in [2.45, 2.75) is 20.0 Å². The Hall–Kier alpha value is -2.51. The van der Waals surface area contributed by atoms with E-state index in [0.29, 0.717) is 11.4 Å². The molecule has 0 aliphatic rings. The molecule has 0 atom stereocenters. The molecular formula is C19H13Cl2F3N2O2. The fourth-order valence-corrected chi connectivity index (χ4v) is 3.26. The number of benzene rings is 1. The fraction of sp³-hybridized carbons (Fsp3) is 0.158. The molecule has 2 aromatic heterocycles. The topological polar surface area (TPSA) is 65.7 Å². The van der Waals surface area contributed by atoms with Crippen LogP contribution in [0.4, 0.5) is 13.2 Å². The average molecular weight is 429 g/mol. The minimum absolute atomic E-state index is 0.0210. The predicted molar refractivity (Wildman–Crippen MR) is 103 cm³/mol. The van der Waals surface area contributed by atoms with Crippen LogP contribution >= 0.6 is 23.2 Å². The molecule has 3 rings (SSSR count). The Morgan fingerprint density at radius 2 is 1.64 bits per heavy atom. The van der Waals surface area contributed by atoms with Crippen molar-refractivity contribution >= 4 is 23.2 Å². The molecule has 0 amide bonds. The van der Waals surface area contributed by atoms with Gasteiger partial charge in [0.05, 0.1) is 22.4 Å². The summed E-state index contributed by atoms with van der Waals surface area (Å²) in [7, 11) is 0. The summed E-state index contributed by atoms with van der Waals surface area (Å²) in [5, 5.41) is 0.00816. The van der Waals surface area contributed by atoms with Crippen molar-refractivity contribution in [3.63, 3.8) is 0 Å². The third-order valence-corrected chi connectivity index (χ3v) is 5.06. The highest BCUT2D eigenvalue weighted by atomic mass is 35.5. The molecule has 2 heterocycles. The van der Waals surface area contributed by atoms with Crippen LogP contribution < -0.4 is 10.9 Å². The van der Waals surface area contributed by atoms with Gasteiger partial charge in [-0.05, 0) is 32.0 Å². The summed E-state index contributed by atoms with van der Waals surface area (Å²) in [5.74, 6) is 0. The quantitative estimate of drug-likeness (QED) is 0.578. The van der Waals surface area contributed by atoms with Gasteiger partial charge in [-0.2, -0.15) is 13.2 Å². The number of aromatic amines is 2. The molecule has 0 saturated carbocycles. The van der Waals surface area contributed by atoms with Crippen LogP contribution in [-0.4, -0.2) is 9.97 Å². The molecule has 0 bridgehead atoms. The molecule has 28 heavy (non-hydrogen) atoms. The van der Waals surface area contributed by atoms with Crippen molar-refractivity contribution in [1.82, 2.24) is 9.97 Å². The first kappa shape index (κ1) is 20.2. The van der Waals surface area contributed by atoms with E-state index in [2.05, 4.69) is 9.97 Å². The zero-order valence-electron chi connectivity index (χ0n) is 14.6. The van der Waals surface area contributed by atoms with Gasteiger partial charge in [0.2, 0.25) is 5.43 Å². The van der Waals surface area contributed by atoms with Crippen molar-refractivity contribution in [3.8, 4) is 22.4 Å². The van der Waals surface area contributed by atoms with Gasteiger partial charge in [-0.25, -0.2) is 0 Å². The highest BCUT2D eigenvalue weighted by Crippen LogP contribution is 2.35. The summed E-state index contributed by atoms with van der Waals surface area (Å²) in [6, 6.07) is 3.92.